The molecule has 0 fully saturated rings. The SMILES string of the molecule is CC(=O)CSc1nc2c(c(=O)[nH]c(=O)n2C)n1C(C)C. The van der Waals surface area contributed by atoms with Gasteiger partial charge in [0, 0.05) is 13.1 Å². The molecule has 7 nitrogen and oxygen atoms in total. The van der Waals surface area contributed by atoms with Crippen LogP contribution in [0, 0.1) is 0 Å². The summed E-state index contributed by atoms with van der Waals surface area (Å²) in [5, 5.41) is 0.567. The molecule has 8 heteroatoms. The van der Waals surface area contributed by atoms with Crippen molar-refractivity contribution in [3.05, 3.63) is 20.8 Å². The molecular weight excluding hydrogens is 280 g/mol. The number of hydrogen-bond donors (Lipinski definition) is 1. The topological polar surface area (TPSA) is 89.8 Å². The minimum absolute atomic E-state index is 0.00643. The predicted octanol–water partition coefficient (Wildman–Crippen LogP) is 0.685. The van der Waals surface area contributed by atoms with Crippen LogP contribution in [-0.2, 0) is 11.8 Å². The summed E-state index contributed by atoms with van der Waals surface area (Å²) in [6.07, 6.45) is 0. The maximum Gasteiger partial charge on any atom is 0.329 e. The summed E-state index contributed by atoms with van der Waals surface area (Å²) in [6.45, 7) is 5.34. The van der Waals surface area contributed by atoms with Gasteiger partial charge in [0.2, 0.25) is 0 Å². The summed E-state index contributed by atoms with van der Waals surface area (Å²) in [5.41, 5.74) is -0.273. The summed E-state index contributed by atoms with van der Waals surface area (Å²) in [7, 11) is 1.55. The van der Waals surface area contributed by atoms with Crippen LogP contribution in [0.15, 0.2) is 14.7 Å². The van der Waals surface area contributed by atoms with Gasteiger partial charge >= 0.3 is 5.69 Å². The van der Waals surface area contributed by atoms with E-state index in [4.69, 9.17) is 0 Å². The van der Waals surface area contributed by atoms with E-state index >= 15 is 0 Å². The smallest absolute Gasteiger partial charge is 0.311 e. The number of aryl methyl sites for hydroxylation is 1. The highest BCUT2D eigenvalue weighted by Crippen LogP contribution is 2.25. The van der Waals surface area contributed by atoms with E-state index in [9.17, 15) is 14.4 Å². The van der Waals surface area contributed by atoms with Gasteiger partial charge in [0.05, 0.1) is 5.75 Å². The van der Waals surface area contributed by atoms with E-state index in [1.54, 1.807) is 11.6 Å². The third kappa shape index (κ3) is 2.43. The van der Waals surface area contributed by atoms with Crippen molar-refractivity contribution >= 4 is 28.7 Å². The van der Waals surface area contributed by atoms with Crippen LogP contribution in [0.2, 0.25) is 0 Å². The molecule has 108 valence electrons. The molecule has 0 atom stereocenters. The number of hydrogen-bond acceptors (Lipinski definition) is 5. The monoisotopic (exact) mass is 296 g/mol. The molecule has 0 aliphatic heterocycles. The molecule has 2 aromatic heterocycles. The van der Waals surface area contributed by atoms with Crippen LogP contribution in [0.1, 0.15) is 26.8 Å². The first-order valence-corrected chi connectivity index (χ1v) is 7.15. The van der Waals surface area contributed by atoms with Crippen LogP contribution in [0.4, 0.5) is 0 Å². The van der Waals surface area contributed by atoms with Gasteiger partial charge < -0.3 is 4.57 Å². The molecule has 0 spiro atoms. The van der Waals surface area contributed by atoms with Gasteiger partial charge in [0.25, 0.3) is 5.56 Å². The molecule has 0 amide bonds. The van der Waals surface area contributed by atoms with Crippen molar-refractivity contribution in [2.45, 2.75) is 32.0 Å². The van der Waals surface area contributed by atoms with Gasteiger partial charge in [0.1, 0.15) is 5.78 Å². The number of aromatic nitrogens is 4. The number of rotatable bonds is 4. The Morgan fingerprint density at radius 2 is 2.05 bits per heavy atom. The Labute approximate surface area is 119 Å². The van der Waals surface area contributed by atoms with Gasteiger partial charge in [-0.25, -0.2) is 9.78 Å². The lowest BCUT2D eigenvalue weighted by atomic mass is 10.4. The lowest BCUT2D eigenvalue weighted by Gasteiger charge is -2.11. The van der Waals surface area contributed by atoms with Gasteiger partial charge in [-0.2, -0.15) is 0 Å². The van der Waals surface area contributed by atoms with E-state index in [0.29, 0.717) is 16.3 Å². The van der Waals surface area contributed by atoms with E-state index < -0.39 is 11.2 Å². The Balaban J connectivity index is 2.76. The first kappa shape index (κ1) is 14.6. The van der Waals surface area contributed by atoms with Gasteiger partial charge in [-0.15, -0.1) is 0 Å². The fourth-order valence-electron chi connectivity index (χ4n) is 1.93. The minimum atomic E-state index is -0.501. The third-order valence-corrected chi connectivity index (χ3v) is 3.94. The summed E-state index contributed by atoms with van der Waals surface area (Å²) in [5.74, 6) is 0.308. The molecule has 0 saturated heterocycles. The van der Waals surface area contributed by atoms with Crippen molar-refractivity contribution in [3.8, 4) is 0 Å². The number of H-pyrrole nitrogens is 1. The van der Waals surface area contributed by atoms with Crippen LogP contribution in [0.25, 0.3) is 11.2 Å². The van der Waals surface area contributed by atoms with Crippen LogP contribution < -0.4 is 11.2 Å². The number of ketones is 1. The first-order chi connectivity index (χ1) is 9.32. The van der Waals surface area contributed by atoms with Crippen LogP contribution in [-0.4, -0.2) is 30.6 Å². The molecule has 1 N–H and O–H groups in total. The lowest BCUT2D eigenvalue weighted by Crippen LogP contribution is -2.29. The number of carbonyl (C=O) groups excluding carboxylic acids is 1. The number of Topliss-reactive ketones (excluding diaryl/α,β-unsaturated/α-hetero) is 1. The number of imidazole rings is 1. The number of fused-ring (bicyclic) bond motifs is 1. The maximum absolute atomic E-state index is 12.0. The average Bonchev–Trinajstić information content (AvgIpc) is 2.73. The second-order valence-electron chi connectivity index (χ2n) is 4.84. The van der Waals surface area contributed by atoms with Crippen LogP contribution in [0.5, 0.6) is 0 Å². The molecule has 2 aromatic rings. The highest BCUT2D eigenvalue weighted by Gasteiger charge is 2.19. The molecule has 0 aromatic carbocycles. The van der Waals surface area contributed by atoms with Crippen molar-refractivity contribution in [2.24, 2.45) is 7.05 Å². The zero-order valence-electron chi connectivity index (χ0n) is 11.8. The highest BCUT2D eigenvalue weighted by molar-refractivity contribution is 7.99. The molecule has 0 unspecified atom stereocenters. The first-order valence-electron chi connectivity index (χ1n) is 6.16. The molecule has 0 aliphatic rings. The largest absolute Gasteiger partial charge is 0.329 e. The Morgan fingerprint density at radius 1 is 1.40 bits per heavy atom. The Bertz CT molecular complexity index is 784. The second kappa shape index (κ2) is 5.28. The van der Waals surface area contributed by atoms with Crippen molar-refractivity contribution in [1.82, 2.24) is 19.1 Å². The van der Waals surface area contributed by atoms with Gasteiger partial charge in [0.15, 0.2) is 16.3 Å². The number of thioether (sulfide) groups is 1. The summed E-state index contributed by atoms with van der Waals surface area (Å²) >= 11 is 1.27. The van der Waals surface area contributed by atoms with Gasteiger partial charge in [-0.1, -0.05) is 11.8 Å². The fourth-order valence-corrected chi connectivity index (χ4v) is 2.85. The number of nitrogens with one attached hydrogen (secondary N) is 1. The molecule has 0 aliphatic carbocycles. The van der Waals surface area contributed by atoms with Crippen LogP contribution in [0.3, 0.4) is 0 Å². The molecular formula is C12H16N4O3S. The fraction of sp³-hybridized carbons (Fsp3) is 0.500. The molecule has 2 heterocycles. The van der Waals surface area contributed by atoms with Crippen molar-refractivity contribution in [2.75, 3.05) is 5.75 Å². The molecule has 0 radical (unpaired) electrons. The third-order valence-electron chi connectivity index (χ3n) is 2.84. The number of aromatic amines is 1. The lowest BCUT2D eigenvalue weighted by molar-refractivity contribution is -0.114. The van der Waals surface area contributed by atoms with Gasteiger partial charge in [-0.05, 0) is 20.8 Å². The maximum atomic E-state index is 12.0. The standard InChI is InChI=1S/C12H16N4O3S/c1-6(2)16-8-9(13-12(16)20-5-7(3)17)15(4)11(19)14-10(8)18/h6H,5H2,1-4H3,(H,14,18,19). The minimum Gasteiger partial charge on any atom is -0.311 e. The average molecular weight is 296 g/mol. The molecule has 0 bridgehead atoms. The van der Waals surface area contributed by atoms with E-state index in [1.807, 2.05) is 13.8 Å². The van der Waals surface area contributed by atoms with Crippen molar-refractivity contribution in [3.63, 3.8) is 0 Å². The van der Waals surface area contributed by atoms with E-state index in [-0.39, 0.29) is 17.6 Å². The number of nitrogens with zero attached hydrogens (tertiary/aromatic N) is 3. The zero-order chi connectivity index (χ0) is 15.0. The summed E-state index contributed by atoms with van der Waals surface area (Å²) in [4.78, 5) is 41.4. The molecule has 2 rings (SSSR count). The predicted molar refractivity (Wildman–Crippen MR) is 77.4 cm³/mol. The van der Waals surface area contributed by atoms with E-state index in [1.165, 1.54) is 23.3 Å². The quantitative estimate of drug-likeness (QED) is 0.838. The van der Waals surface area contributed by atoms with Crippen molar-refractivity contribution in [1.29, 1.82) is 0 Å². The van der Waals surface area contributed by atoms with E-state index in [2.05, 4.69) is 9.97 Å². The van der Waals surface area contributed by atoms with Gasteiger partial charge in [-0.3, -0.25) is 19.1 Å². The normalized spacial score (nSPS) is 11.4. The second-order valence-corrected chi connectivity index (χ2v) is 5.78. The molecule has 20 heavy (non-hydrogen) atoms. The van der Waals surface area contributed by atoms with Crippen LogP contribution >= 0.6 is 11.8 Å². The Kier molecular flexibility index (Phi) is 3.85. The highest BCUT2D eigenvalue weighted by atomic mass is 32.2. The summed E-state index contributed by atoms with van der Waals surface area (Å²) < 4.78 is 3.05. The van der Waals surface area contributed by atoms with Crippen molar-refractivity contribution < 1.29 is 4.79 Å². The Hall–Kier alpha value is -1.83. The zero-order valence-corrected chi connectivity index (χ0v) is 12.6. The number of carbonyl (C=O) groups is 1. The molecule has 0 saturated carbocycles. The Morgan fingerprint density at radius 3 is 2.60 bits per heavy atom. The summed E-state index contributed by atoms with van der Waals surface area (Å²) in [6, 6.07) is -0.00643. The van der Waals surface area contributed by atoms with E-state index in [0.717, 1.165) is 0 Å².